The third-order valence-corrected chi connectivity index (χ3v) is 4.76. The van der Waals surface area contributed by atoms with Crippen LogP contribution in [0.5, 0.6) is 5.75 Å². The number of anilines is 1. The Bertz CT molecular complexity index is 808. The summed E-state index contributed by atoms with van der Waals surface area (Å²) in [4.78, 5) is 16.3. The van der Waals surface area contributed by atoms with E-state index in [4.69, 9.17) is 4.74 Å². The molecule has 0 spiro atoms. The van der Waals surface area contributed by atoms with Crippen LogP contribution in [0, 0.1) is 11.6 Å². The standard InChI is InChI=1S/C21H25F2N3O2/c1-2-28-20-6-4-3-5-19(20)25-11-13-26(14-12-25)21(27)24-10-9-16-7-8-17(22)15-18(16)23/h3-8,15H,2,9-14H2,1H3,(H,24,27). The van der Waals surface area contributed by atoms with Gasteiger partial charge in [0.05, 0.1) is 12.3 Å². The molecule has 1 aliphatic heterocycles. The summed E-state index contributed by atoms with van der Waals surface area (Å²) in [5, 5.41) is 2.81. The highest BCUT2D eigenvalue weighted by atomic mass is 19.1. The molecule has 1 heterocycles. The monoisotopic (exact) mass is 389 g/mol. The Morgan fingerprint density at radius 3 is 2.57 bits per heavy atom. The smallest absolute Gasteiger partial charge is 0.317 e. The molecule has 1 N–H and O–H groups in total. The van der Waals surface area contributed by atoms with Crippen LogP contribution in [-0.4, -0.2) is 50.3 Å². The van der Waals surface area contributed by atoms with Crippen molar-refractivity contribution < 1.29 is 18.3 Å². The summed E-state index contributed by atoms with van der Waals surface area (Å²) < 4.78 is 32.3. The third-order valence-electron chi connectivity index (χ3n) is 4.76. The van der Waals surface area contributed by atoms with E-state index in [1.54, 1.807) is 4.90 Å². The number of amides is 2. The number of halogens is 2. The van der Waals surface area contributed by atoms with Gasteiger partial charge in [-0.05, 0) is 37.1 Å². The van der Waals surface area contributed by atoms with Crippen LogP contribution in [0.3, 0.4) is 0 Å². The van der Waals surface area contributed by atoms with E-state index in [9.17, 15) is 13.6 Å². The van der Waals surface area contributed by atoms with E-state index in [-0.39, 0.29) is 6.03 Å². The van der Waals surface area contributed by atoms with Crippen LogP contribution in [0.1, 0.15) is 12.5 Å². The zero-order valence-electron chi connectivity index (χ0n) is 16.0. The van der Waals surface area contributed by atoms with Crippen molar-refractivity contribution in [3.63, 3.8) is 0 Å². The zero-order chi connectivity index (χ0) is 19.9. The van der Waals surface area contributed by atoms with E-state index in [2.05, 4.69) is 10.2 Å². The van der Waals surface area contributed by atoms with Gasteiger partial charge >= 0.3 is 6.03 Å². The SMILES string of the molecule is CCOc1ccccc1N1CCN(C(=O)NCCc2ccc(F)cc2F)CC1. The van der Waals surface area contributed by atoms with Crippen LogP contribution in [-0.2, 0) is 6.42 Å². The molecule has 0 bridgehead atoms. The van der Waals surface area contributed by atoms with Crippen molar-refractivity contribution >= 4 is 11.7 Å². The van der Waals surface area contributed by atoms with Gasteiger partial charge in [-0.3, -0.25) is 0 Å². The third kappa shape index (κ3) is 4.91. The highest BCUT2D eigenvalue weighted by molar-refractivity contribution is 5.74. The van der Waals surface area contributed by atoms with Crippen LogP contribution in [0.2, 0.25) is 0 Å². The van der Waals surface area contributed by atoms with E-state index < -0.39 is 11.6 Å². The van der Waals surface area contributed by atoms with Crippen molar-refractivity contribution in [1.82, 2.24) is 10.2 Å². The Kier molecular flexibility index (Phi) is 6.68. The van der Waals surface area contributed by atoms with Gasteiger partial charge in [-0.1, -0.05) is 18.2 Å². The van der Waals surface area contributed by atoms with Gasteiger partial charge in [0.1, 0.15) is 17.4 Å². The van der Waals surface area contributed by atoms with Crippen LogP contribution in [0.4, 0.5) is 19.3 Å². The highest BCUT2D eigenvalue weighted by Gasteiger charge is 2.22. The van der Waals surface area contributed by atoms with E-state index >= 15 is 0 Å². The highest BCUT2D eigenvalue weighted by Crippen LogP contribution is 2.28. The average molecular weight is 389 g/mol. The number of carbonyl (C=O) groups is 1. The number of carbonyl (C=O) groups excluding carboxylic acids is 1. The summed E-state index contributed by atoms with van der Waals surface area (Å²) in [6, 6.07) is 11.2. The summed E-state index contributed by atoms with van der Waals surface area (Å²) in [5.41, 5.74) is 1.43. The number of hydrogen-bond donors (Lipinski definition) is 1. The first-order valence-electron chi connectivity index (χ1n) is 9.52. The summed E-state index contributed by atoms with van der Waals surface area (Å²) in [6.07, 6.45) is 0.319. The first-order valence-corrected chi connectivity index (χ1v) is 9.52. The molecule has 7 heteroatoms. The number of benzene rings is 2. The van der Waals surface area contributed by atoms with E-state index in [1.165, 1.54) is 12.1 Å². The molecule has 3 rings (SSSR count). The number of rotatable bonds is 6. The number of para-hydroxylation sites is 2. The van der Waals surface area contributed by atoms with Gasteiger partial charge in [0, 0.05) is 38.8 Å². The molecule has 0 saturated carbocycles. The molecule has 0 aliphatic carbocycles. The maximum absolute atomic E-state index is 13.6. The Balaban J connectivity index is 1.47. The van der Waals surface area contributed by atoms with Crippen LogP contribution >= 0.6 is 0 Å². The minimum absolute atomic E-state index is 0.166. The maximum atomic E-state index is 13.6. The predicted molar refractivity (Wildman–Crippen MR) is 105 cm³/mol. The minimum atomic E-state index is -0.603. The second-order valence-electron chi connectivity index (χ2n) is 6.59. The van der Waals surface area contributed by atoms with Gasteiger partial charge in [0.2, 0.25) is 0 Å². The van der Waals surface area contributed by atoms with Crippen molar-refractivity contribution in [3.05, 3.63) is 59.7 Å². The Morgan fingerprint density at radius 1 is 1.11 bits per heavy atom. The molecule has 150 valence electrons. The number of nitrogens with one attached hydrogen (secondary N) is 1. The molecular weight excluding hydrogens is 364 g/mol. The number of hydrogen-bond acceptors (Lipinski definition) is 3. The van der Waals surface area contributed by atoms with Crippen LogP contribution in [0.25, 0.3) is 0 Å². The molecular formula is C21H25F2N3O2. The molecule has 28 heavy (non-hydrogen) atoms. The summed E-state index contributed by atoms with van der Waals surface area (Å²) in [7, 11) is 0. The largest absolute Gasteiger partial charge is 0.492 e. The predicted octanol–water partition coefficient (Wildman–Crippen LogP) is 3.44. The molecule has 0 radical (unpaired) electrons. The first kappa shape index (κ1) is 19.9. The van der Waals surface area contributed by atoms with Crippen molar-refractivity contribution in [2.24, 2.45) is 0 Å². The topological polar surface area (TPSA) is 44.8 Å². The molecule has 1 saturated heterocycles. The summed E-state index contributed by atoms with van der Waals surface area (Å²) in [5.74, 6) is -0.339. The van der Waals surface area contributed by atoms with Crippen molar-refractivity contribution in [2.45, 2.75) is 13.3 Å². The lowest BCUT2D eigenvalue weighted by Gasteiger charge is -2.36. The van der Waals surface area contributed by atoms with E-state index in [0.29, 0.717) is 51.3 Å². The zero-order valence-corrected chi connectivity index (χ0v) is 16.0. The van der Waals surface area contributed by atoms with Gasteiger partial charge in [0.15, 0.2) is 0 Å². The summed E-state index contributed by atoms with van der Waals surface area (Å²) >= 11 is 0. The summed E-state index contributed by atoms with van der Waals surface area (Å²) in [6.45, 7) is 5.47. The maximum Gasteiger partial charge on any atom is 0.317 e. The second kappa shape index (κ2) is 9.39. The molecule has 0 atom stereocenters. The van der Waals surface area contributed by atoms with Crippen molar-refractivity contribution in [1.29, 1.82) is 0 Å². The first-order chi connectivity index (χ1) is 13.6. The van der Waals surface area contributed by atoms with Gasteiger partial charge in [0.25, 0.3) is 0 Å². The fraction of sp³-hybridized carbons (Fsp3) is 0.381. The average Bonchev–Trinajstić information content (AvgIpc) is 2.70. The molecule has 0 unspecified atom stereocenters. The van der Waals surface area contributed by atoms with Crippen molar-refractivity contribution in [2.75, 3.05) is 44.2 Å². The van der Waals surface area contributed by atoms with Crippen molar-refractivity contribution in [3.8, 4) is 5.75 Å². The Labute approximate surface area is 163 Å². The lowest BCUT2D eigenvalue weighted by molar-refractivity contribution is 0.194. The normalized spacial score (nSPS) is 14.1. The van der Waals surface area contributed by atoms with E-state index in [0.717, 1.165) is 17.5 Å². The van der Waals surface area contributed by atoms with Crippen LogP contribution < -0.4 is 15.0 Å². The number of ether oxygens (including phenoxy) is 1. The molecule has 5 nitrogen and oxygen atoms in total. The Hall–Kier alpha value is -2.83. The van der Waals surface area contributed by atoms with Crippen LogP contribution in [0.15, 0.2) is 42.5 Å². The number of piperazine rings is 1. The van der Waals surface area contributed by atoms with Gasteiger partial charge in [-0.15, -0.1) is 0 Å². The molecule has 1 fully saturated rings. The minimum Gasteiger partial charge on any atom is -0.492 e. The number of nitrogens with zero attached hydrogens (tertiary/aromatic N) is 2. The quantitative estimate of drug-likeness (QED) is 0.823. The molecule has 1 aliphatic rings. The Morgan fingerprint density at radius 2 is 1.86 bits per heavy atom. The lowest BCUT2D eigenvalue weighted by Crippen LogP contribution is -2.52. The van der Waals surface area contributed by atoms with Gasteiger partial charge in [-0.25, -0.2) is 13.6 Å². The fourth-order valence-electron chi connectivity index (χ4n) is 3.29. The number of urea groups is 1. The second-order valence-corrected chi connectivity index (χ2v) is 6.59. The van der Waals surface area contributed by atoms with Gasteiger partial charge < -0.3 is 19.9 Å². The molecule has 2 aromatic carbocycles. The fourth-order valence-corrected chi connectivity index (χ4v) is 3.29. The molecule has 2 aromatic rings. The molecule has 2 amide bonds. The lowest BCUT2D eigenvalue weighted by atomic mass is 10.1. The van der Waals surface area contributed by atoms with E-state index in [1.807, 2.05) is 31.2 Å². The van der Waals surface area contributed by atoms with Gasteiger partial charge in [-0.2, -0.15) is 0 Å². The molecule has 0 aromatic heterocycles.